The summed E-state index contributed by atoms with van der Waals surface area (Å²) in [6.07, 6.45) is 4.24. The van der Waals surface area contributed by atoms with Crippen molar-refractivity contribution in [2.45, 2.75) is 50.1 Å². The molecule has 0 aromatic carbocycles. The minimum atomic E-state index is 0.411. The van der Waals surface area contributed by atoms with Crippen LogP contribution in [-0.2, 0) is 0 Å². The van der Waals surface area contributed by atoms with Crippen LogP contribution in [-0.4, -0.2) is 40.7 Å². The molecule has 3 fully saturated rings. The van der Waals surface area contributed by atoms with Crippen LogP contribution >= 0.6 is 11.8 Å². The van der Waals surface area contributed by atoms with Crippen LogP contribution in [0.3, 0.4) is 0 Å². The quantitative estimate of drug-likeness (QED) is 0.735. The molecule has 1 aliphatic carbocycles. The van der Waals surface area contributed by atoms with E-state index in [4.69, 9.17) is 0 Å². The zero-order valence-electron chi connectivity index (χ0n) is 9.83. The monoisotopic (exact) mass is 226 g/mol. The summed E-state index contributed by atoms with van der Waals surface area (Å²) in [5.41, 5.74) is 0. The van der Waals surface area contributed by atoms with Crippen molar-refractivity contribution in [1.29, 1.82) is 0 Å². The van der Waals surface area contributed by atoms with E-state index in [1.165, 1.54) is 38.1 Å². The molecule has 2 heterocycles. The fourth-order valence-corrected chi connectivity index (χ4v) is 4.52. The van der Waals surface area contributed by atoms with Crippen LogP contribution in [0.5, 0.6) is 0 Å². The van der Waals surface area contributed by atoms with Gasteiger partial charge in [-0.3, -0.25) is 4.90 Å². The number of thioether (sulfide) groups is 1. The van der Waals surface area contributed by atoms with Gasteiger partial charge in [-0.15, -0.1) is 11.8 Å². The van der Waals surface area contributed by atoms with Crippen molar-refractivity contribution in [1.82, 2.24) is 10.2 Å². The molecular formula is C12H22N2S. The predicted octanol–water partition coefficient (Wildman–Crippen LogP) is 1.91. The van der Waals surface area contributed by atoms with E-state index in [1.54, 1.807) is 0 Å². The lowest BCUT2D eigenvalue weighted by atomic mass is 10.1. The van der Waals surface area contributed by atoms with Gasteiger partial charge in [-0.05, 0) is 44.4 Å². The second-order valence-electron chi connectivity index (χ2n) is 5.75. The zero-order valence-corrected chi connectivity index (χ0v) is 10.6. The van der Waals surface area contributed by atoms with Crippen LogP contribution in [0.1, 0.15) is 33.1 Å². The first-order valence-corrected chi connectivity index (χ1v) is 7.32. The summed E-state index contributed by atoms with van der Waals surface area (Å²) < 4.78 is 0. The molecule has 2 aliphatic heterocycles. The highest BCUT2D eigenvalue weighted by Gasteiger charge is 2.48. The average Bonchev–Trinajstić information content (AvgIpc) is 2.99. The van der Waals surface area contributed by atoms with Gasteiger partial charge in [0.05, 0.1) is 4.87 Å². The molecule has 3 rings (SSSR count). The molecule has 0 aromatic rings. The Hall–Kier alpha value is 0.270. The first-order chi connectivity index (χ1) is 7.19. The Kier molecular flexibility index (Phi) is 2.53. The second kappa shape index (κ2) is 3.64. The fourth-order valence-electron chi connectivity index (χ4n) is 3.01. The van der Waals surface area contributed by atoms with E-state index in [0.717, 1.165) is 18.0 Å². The normalized spacial score (nSPS) is 47.6. The first kappa shape index (κ1) is 10.4. The van der Waals surface area contributed by atoms with Gasteiger partial charge >= 0.3 is 0 Å². The molecule has 1 N–H and O–H groups in total. The molecule has 1 saturated carbocycles. The molecule has 0 aromatic heterocycles. The molecule has 86 valence electrons. The predicted molar refractivity (Wildman–Crippen MR) is 66.2 cm³/mol. The van der Waals surface area contributed by atoms with Crippen molar-refractivity contribution in [3.8, 4) is 0 Å². The number of rotatable bonds is 1. The Bertz CT molecular complexity index is 244. The number of hydrogen-bond acceptors (Lipinski definition) is 3. The minimum absolute atomic E-state index is 0.411. The molecule has 2 saturated heterocycles. The molecule has 2 nitrogen and oxygen atoms in total. The lowest BCUT2D eigenvalue weighted by Gasteiger charge is -2.37. The number of likely N-dealkylation sites (tertiary alicyclic amines) is 1. The lowest BCUT2D eigenvalue weighted by Crippen LogP contribution is -2.50. The van der Waals surface area contributed by atoms with E-state index in [-0.39, 0.29) is 0 Å². The zero-order chi connectivity index (χ0) is 10.5. The Balaban J connectivity index is 1.67. The third-order valence-electron chi connectivity index (χ3n) is 4.06. The number of nitrogens with zero attached hydrogens (tertiary/aromatic N) is 1. The largest absolute Gasteiger partial charge is 0.301 e. The molecular weight excluding hydrogens is 204 g/mol. The summed E-state index contributed by atoms with van der Waals surface area (Å²) in [5, 5.41) is 3.81. The molecule has 3 heteroatoms. The van der Waals surface area contributed by atoms with Gasteiger partial charge in [0.1, 0.15) is 0 Å². The lowest BCUT2D eigenvalue weighted by molar-refractivity contribution is 0.252. The Morgan fingerprint density at radius 1 is 1.33 bits per heavy atom. The highest BCUT2D eigenvalue weighted by Crippen LogP contribution is 2.43. The van der Waals surface area contributed by atoms with Gasteiger partial charge in [0, 0.05) is 18.6 Å². The molecule has 3 unspecified atom stereocenters. The summed E-state index contributed by atoms with van der Waals surface area (Å²) in [6.45, 7) is 7.27. The van der Waals surface area contributed by atoms with Crippen LogP contribution in [0, 0.1) is 5.92 Å². The molecule has 3 aliphatic rings. The van der Waals surface area contributed by atoms with Gasteiger partial charge in [-0.1, -0.05) is 6.92 Å². The highest BCUT2D eigenvalue weighted by atomic mass is 32.2. The second-order valence-corrected chi connectivity index (χ2v) is 7.15. The summed E-state index contributed by atoms with van der Waals surface area (Å²) in [5.74, 6) is 2.20. The van der Waals surface area contributed by atoms with Gasteiger partial charge in [0.15, 0.2) is 0 Å². The molecule has 1 spiro atoms. The van der Waals surface area contributed by atoms with Crippen molar-refractivity contribution in [2.75, 3.05) is 18.8 Å². The molecule has 3 atom stereocenters. The van der Waals surface area contributed by atoms with Crippen LogP contribution in [0.4, 0.5) is 0 Å². The average molecular weight is 226 g/mol. The fraction of sp³-hybridized carbons (Fsp3) is 1.00. The van der Waals surface area contributed by atoms with Crippen molar-refractivity contribution in [2.24, 2.45) is 5.92 Å². The first-order valence-electron chi connectivity index (χ1n) is 6.33. The van der Waals surface area contributed by atoms with Crippen molar-refractivity contribution >= 4 is 11.8 Å². The summed E-state index contributed by atoms with van der Waals surface area (Å²) >= 11 is 2.18. The van der Waals surface area contributed by atoms with Crippen molar-refractivity contribution < 1.29 is 0 Å². The van der Waals surface area contributed by atoms with E-state index >= 15 is 0 Å². The van der Waals surface area contributed by atoms with Crippen LogP contribution < -0.4 is 5.32 Å². The smallest absolute Gasteiger partial charge is 0.0788 e. The Morgan fingerprint density at radius 2 is 2.13 bits per heavy atom. The third-order valence-corrected chi connectivity index (χ3v) is 5.79. The molecule has 0 bridgehead atoms. The van der Waals surface area contributed by atoms with E-state index in [1.807, 2.05) is 0 Å². The van der Waals surface area contributed by atoms with E-state index in [0.29, 0.717) is 4.87 Å². The van der Waals surface area contributed by atoms with Crippen LogP contribution in [0.2, 0.25) is 0 Å². The van der Waals surface area contributed by atoms with Crippen molar-refractivity contribution in [3.63, 3.8) is 0 Å². The van der Waals surface area contributed by atoms with E-state index in [2.05, 4.69) is 35.8 Å². The summed E-state index contributed by atoms with van der Waals surface area (Å²) in [4.78, 5) is 3.16. The molecule has 0 amide bonds. The standard InChI is InChI=1S/C12H22N2S/c1-9-6-13-12(15-7-9)5-10(2)14(8-12)11-3-4-11/h9-11,13H,3-8H2,1-2H3. The minimum Gasteiger partial charge on any atom is -0.301 e. The number of nitrogens with one attached hydrogen (secondary N) is 1. The third kappa shape index (κ3) is 1.94. The summed E-state index contributed by atoms with van der Waals surface area (Å²) in [6, 6.07) is 1.73. The molecule has 15 heavy (non-hydrogen) atoms. The molecule has 0 radical (unpaired) electrons. The maximum atomic E-state index is 3.81. The van der Waals surface area contributed by atoms with Gasteiger partial charge in [-0.2, -0.15) is 0 Å². The van der Waals surface area contributed by atoms with Crippen LogP contribution in [0.15, 0.2) is 0 Å². The Morgan fingerprint density at radius 3 is 2.73 bits per heavy atom. The van der Waals surface area contributed by atoms with Gasteiger partial charge in [0.25, 0.3) is 0 Å². The summed E-state index contributed by atoms with van der Waals surface area (Å²) in [7, 11) is 0. The van der Waals surface area contributed by atoms with Gasteiger partial charge in [-0.25, -0.2) is 0 Å². The van der Waals surface area contributed by atoms with Crippen molar-refractivity contribution in [3.05, 3.63) is 0 Å². The topological polar surface area (TPSA) is 15.3 Å². The van der Waals surface area contributed by atoms with Gasteiger partial charge < -0.3 is 5.32 Å². The SMILES string of the molecule is CC1CNC2(CC(C)N(C3CC3)C2)SC1. The Labute approximate surface area is 97.2 Å². The van der Waals surface area contributed by atoms with E-state index < -0.39 is 0 Å². The maximum Gasteiger partial charge on any atom is 0.0788 e. The van der Waals surface area contributed by atoms with E-state index in [9.17, 15) is 0 Å². The number of hydrogen-bond donors (Lipinski definition) is 1. The van der Waals surface area contributed by atoms with Crippen LogP contribution in [0.25, 0.3) is 0 Å². The highest BCUT2D eigenvalue weighted by molar-refractivity contribution is 8.00. The maximum absolute atomic E-state index is 3.81. The van der Waals surface area contributed by atoms with Gasteiger partial charge in [0.2, 0.25) is 0 Å².